The van der Waals surface area contributed by atoms with Gasteiger partial charge in [-0.25, -0.2) is 9.78 Å². The summed E-state index contributed by atoms with van der Waals surface area (Å²) in [6, 6.07) is 10.3. The maximum Gasteiger partial charge on any atom is 0.336 e. The maximum absolute atomic E-state index is 11.4. The molecule has 3 aromatic rings. The van der Waals surface area contributed by atoms with Crippen LogP contribution in [0.1, 0.15) is 10.4 Å². The van der Waals surface area contributed by atoms with Crippen molar-refractivity contribution in [1.82, 2.24) is 4.98 Å². The number of pyridine rings is 1. The Hall–Kier alpha value is -1.66. The monoisotopic (exact) mass is 395 g/mol. The van der Waals surface area contributed by atoms with Crippen molar-refractivity contribution < 1.29 is 14.3 Å². The molecule has 100 valence electrons. The van der Waals surface area contributed by atoms with Gasteiger partial charge in [0.1, 0.15) is 5.69 Å². The van der Waals surface area contributed by atoms with Crippen LogP contribution in [0.2, 0.25) is 0 Å². The SMILES string of the molecule is O=C(O)c1cc(-c2ccc(Br)o2)nc2c(Br)cccc12. The molecule has 4 nitrogen and oxygen atoms in total. The molecule has 0 aliphatic rings. The largest absolute Gasteiger partial charge is 0.478 e. The quantitative estimate of drug-likeness (QED) is 0.680. The van der Waals surface area contributed by atoms with E-state index in [4.69, 9.17) is 4.42 Å². The maximum atomic E-state index is 11.4. The van der Waals surface area contributed by atoms with Gasteiger partial charge in [-0.2, -0.15) is 0 Å². The van der Waals surface area contributed by atoms with E-state index in [1.807, 2.05) is 6.07 Å². The molecule has 0 spiro atoms. The van der Waals surface area contributed by atoms with Gasteiger partial charge < -0.3 is 9.52 Å². The molecule has 3 rings (SSSR count). The van der Waals surface area contributed by atoms with Crippen molar-refractivity contribution in [1.29, 1.82) is 0 Å². The summed E-state index contributed by atoms with van der Waals surface area (Å²) in [5.74, 6) is -0.487. The number of aromatic carboxylic acids is 1. The molecule has 0 radical (unpaired) electrons. The first-order valence-corrected chi connectivity index (χ1v) is 7.23. The fraction of sp³-hybridized carbons (Fsp3) is 0. The minimum Gasteiger partial charge on any atom is -0.478 e. The van der Waals surface area contributed by atoms with Crippen molar-refractivity contribution in [2.24, 2.45) is 0 Å². The molecule has 20 heavy (non-hydrogen) atoms. The van der Waals surface area contributed by atoms with Gasteiger partial charge in [0.25, 0.3) is 0 Å². The van der Waals surface area contributed by atoms with E-state index >= 15 is 0 Å². The zero-order valence-corrected chi connectivity index (χ0v) is 13.1. The Morgan fingerprint density at radius 1 is 1.20 bits per heavy atom. The van der Waals surface area contributed by atoms with Crippen LogP contribution in [0.3, 0.4) is 0 Å². The zero-order chi connectivity index (χ0) is 14.3. The molecule has 2 heterocycles. The Morgan fingerprint density at radius 3 is 2.65 bits per heavy atom. The third-order valence-corrected chi connectivity index (χ3v) is 3.91. The summed E-state index contributed by atoms with van der Waals surface area (Å²) in [4.78, 5) is 15.9. The van der Waals surface area contributed by atoms with Crippen LogP contribution < -0.4 is 0 Å². The van der Waals surface area contributed by atoms with Crippen molar-refractivity contribution in [3.63, 3.8) is 0 Å². The lowest BCUT2D eigenvalue weighted by molar-refractivity contribution is 0.0699. The number of carboxylic acid groups (broad SMARTS) is 1. The summed E-state index contributed by atoms with van der Waals surface area (Å²) in [5.41, 5.74) is 1.27. The van der Waals surface area contributed by atoms with E-state index < -0.39 is 5.97 Å². The highest BCUT2D eigenvalue weighted by molar-refractivity contribution is 9.10. The Labute approximate surface area is 130 Å². The molecule has 0 amide bonds. The van der Waals surface area contributed by atoms with Crippen LogP contribution in [-0.4, -0.2) is 16.1 Å². The van der Waals surface area contributed by atoms with Gasteiger partial charge in [-0.1, -0.05) is 12.1 Å². The first-order chi connectivity index (χ1) is 9.56. The van der Waals surface area contributed by atoms with Crippen LogP contribution in [0.5, 0.6) is 0 Å². The molecular weight excluding hydrogens is 390 g/mol. The first-order valence-electron chi connectivity index (χ1n) is 5.64. The highest BCUT2D eigenvalue weighted by atomic mass is 79.9. The number of hydrogen-bond donors (Lipinski definition) is 1. The molecular formula is C14H7Br2NO3. The molecule has 0 atom stereocenters. The lowest BCUT2D eigenvalue weighted by atomic mass is 10.1. The van der Waals surface area contributed by atoms with Crippen molar-refractivity contribution in [3.05, 3.63) is 51.1 Å². The lowest BCUT2D eigenvalue weighted by Crippen LogP contribution is -2.00. The topological polar surface area (TPSA) is 63.3 Å². The van der Waals surface area contributed by atoms with Crippen LogP contribution in [-0.2, 0) is 0 Å². The van der Waals surface area contributed by atoms with Gasteiger partial charge in [0.2, 0.25) is 0 Å². The molecule has 0 saturated heterocycles. The van der Waals surface area contributed by atoms with E-state index in [1.165, 1.54) is 6.07 Å². The second kappa shape index (κ2) is 5.03. The van der Waals surface area contributed by atoms with Crippen LogP contribution in [0.4, 0.5) is 0 Å². The molecule has 0 bridgehead atoms. The average Bonchev–Trinajstić information content (AvgIpc) is 2.85. The summed E-state index contributed by atoms with van der Waals surface area (Å²) in [6.07, 6.45) is 0. The number of carbonyl (C=O) groups is 1. The number of hydrogen-bond acceptors (Lipinski definition) is 3. The number of aromatic nitrogens is 1. The minimum atomic E-state index is -0.998. The molecule has 0 fully saturated rings. The molecule has 0 aliphatic heterocycles. The van der Waals surface area contributed by atoms with E-state index in [9.17, 15) is 9.90 Å². The second-order valence-electron chi connectivity index (χ2n) is 4.10. The highest BCUT2D eigenvalue weighted by Crippen LogP contribution is 2.30. The predicted molar refractivity (Wildman–Crippen MR) is 81.8 cm³/mol. The predicted octanol–water partition coefficient (Wildman–Crippen LogP) is 4.72. The highest BCUT2D eigenvalue weighted by Gasteiger charge is 2.15. The van der Waals surface area contributed by atoms with Crippen LogP contribution in [0, 0.1) is 0 Å². The van der Waals surface area contributed by atoms with Gasteiger partial charge in [0, 0.05) is 9.86 Å². The fourth-order valence-electron chi connectivity index (χ4n) is 1.97. The van der Waals surface area contributed by atoms with E-state index in [0.29, 0.717) is 27.0 Å². The minimum absolute atomic E-state index is 0.193. The number of benzene rings is 1. The Balaban J connectivity index is 2.35. The van der Waals surface area contributed by atoms with Crippen molar-refractivity contribution in [3.8, 4) is 11.5 Å². The van der Waals surface area contributed by atoms with E-state index in [-0.39, 0.29) is 5.56 Å². The van der Waals surface area contributed by atoms with Crippen LogP contribution in [0.25, 0.3) is 22.4 Å². The van der Waals surface area contributed by atoms with Gasteiger partial charge >= 0.3 is 5.97 Å². The fourth-order valence-corrected chi connectivity index (χ4v) is 2.73. The molecule has 6 heteroatoms. The number of nitrogens with zero attached hydrogens (tertiary/aromatic N) is 1. The summed E-state index contributed by atoms with van der Waals surface area (Å²) >= 11 is 6.62. The number of para-hydroxylation sites is 1. The van der Waals surface area contributed by atoms with Gasteiger partial charge in [0.05, 0.1) is 11.1 Å². The van der Waals surface area contributed by atoms with Crippen LogP contribution >= 0.6 is 31.9 Å². The Kier molecular flexibility index (Phi) is 3.35. The Morgan fingerprint density at radius 2 is 2.00 bits per heavy atom. The summed E-state index contributed by atoms with van der Waals surface area (Å²) in [6.45, 7) is 0. The summed E-state index contributed by atoms with van der Waals surface area (Å²) in [5, 5.41) is 9.95. The summed E-state index contributed by atoms with van der Waals surface area (Å²) in [7, 11) is 0. The van der Waals surface area contributed by atoms with Crippen LogP contribution in [0.15, 0.2) is 50.0 Å². The van der Waals surface area contributed by atoms with Gasteiger partial charge in [-0.15, -0.1) is 0 Å². The van der Waals surface area contributed by atoms with Gasteiger partial charge in [0.15, 0.2) is 10.4 Å². The number of carboxylic acids is 1. The number of fused-ring (bicyclic) bond motifs is 1. The average molecular weight is 397 g/mol. The van der Waals surface area contributed by atoms with E-state index in [2.05, 4.69) is 36.8 Å². The first kappa shape index (κ1) is 13.3. The molecule has 0 unspecified atom stereocenters. The standard InChI is InChI=1S/C14H7Br2NO3/c15-9-3-1-2-7-8(14(18)19)6-10(17-13(7)9)11-4-5-12(16)20-11/h1-6H,(H,18,19). The van der Waals surface area contributed by atoms with Gasteiger partial charge in [-0.05, 0) is 56.1 Å². The van der Waals surface area contributed by atoms with Crippen molar-refractivity contribution in [2.75, 3.05) is 0 Å². The number of rotatable bonds is 2. The van der Waals surface area contributed by atoms with Crippen molar-refractivity contribution >= 4 is 48.7 Å². The zero-order valence-electron chi connectivity index (χ0n) is 9.93. The molecule has 1 N–H and O–H groups in total. The normalized spacial score (nSPS) is 10.9. The molecule has 0 aliphatic carbocycles. The molecule has 0 saturated carbocycles. The van der Waals surface area contributed by atoms with Gasteiger partial charge in [-0.3, -0.25) is 0 Å². The summed E-state index contributed by atoms with van der Waals surface area (Å²) < 4.78 is 6.75. The molecule has 1 aromatic carbocycles. The van der Waals surface area contributed by atoms with Crippen molar-refractivity contribution in [2.45, 2.75) is 0 Å². The lowest BCUT2D eigenvalue weighted by Gasteiger charge is -2.06. The smallest absolute Gasteiger partial charge is 0.336 e. The third kappa shape index (κ3) is 2.25. The number of furan rings is 1. The van der Waals surface area contributed by atoms with E-state index in [1.54, 1.807) is 24.3 Å². The second-order valence-corrected chi connectivity index (χ2v) is 5.74. The molecule has 2 aromatic heterocycles. The van der Waals surface area contributed by atoms with E-state index in [0.717, 1.165) is 4.47 Å². The number of halogens is 2. The Bertz CT molecular complexity index is 826. The third-order valence-electron chi connectivity index (χ3n) is 2.85.